The first-order valence-electron chi connectivity index (χ1n) is 6.74. The van der Waals surface area contributed by atoms with E-state index in [0.29, 0.717) is 6.61 Å². The summed E-state index contributed by atoms with van der Waals surface area (Å²) >= 11 is 5.11. The molecule has 1 heterocycles. The highest BCUT2D eigenvalue weighted by molar-refractivity contribution is 9.10. The Balaban J connectivity index is 2.10. The second-order valence-electron chi connectivity index (χ2n) is 4.57. The summed E-state index contributed by atoms with van der Waals surface area (Å²) in [7, 11) is 0. The van der Waals surface area contributed by atoms with Gasteiger partial charge in [0.1, 0.15) is 17.4 Å². The van der Waals surface area contributed by atoms with Crippen molar-refractivity contribution in [1.82, 2.24) is 10.3 Å². The van der Waals surface area contributed by atoms with Crippen molar-refractivity contribution in [3.05, 3.63) is 44.8 Å². The minimum absolute atomic E-state index is 0.273. The average molecular weight is 355 g/mol. The average Bonchev–Trinajstić information content (AvgIpc) is 2.96. The molecule has 2 aromatic rings. The molecule has 1 atom stereocenters. The van der Waals surface area contributed by atoms with Crippen molar-refractivity contribution in [3.8, 4) is 5.75 Å². The van der Waals surface area contributed by atoms with Crippen LogP contribution in [0.3, 0.4) is 0 Å². The fourth-order valence-corrected chi connectivity index (χ4v) is 2.79. The van der Waals surface area contributed by atoms with E-state index < -0.39 is 0 Å². The van der Waals surface area contributed by atoms with Crippen LogP contribution in [0.25, 0.3) is 0 Å². The van der Waals surface area contributed by atoms with Crippen molar-refractivity contribution < 1.29 is 4.74 Å². The second kappa shape index (κ2) is 7.76. The number of aromatic nitrogens is 1. The highest BCUT2D eigenvalue weighted by atomic mass is 79.9. The van der Waals surface area contributed by atoms with Gasteiger partial charge in [0.2, 0.25) is 0 Å². The maximum absolute atomic E-state index is 5.94. The van der Waals surface area contributed by atoms with E-state index in [0.717, 1.165) is 28.2 Å². The molecule has 108 valence electrons. The number of hydrogen-bond acceptors (Lipinski definition) is 4. The van der Waals surface area contributed by atoms with E-state index in [9.17, 15) is 0 Å². The van der Waals surface area contributed by atoms with Crippen molar-refractivity contribution in [2.75, 3.05) is 6.54 Å². The quantitative estimate of drug-likeness (QED) is 0.792. The van der Waals surface area contributed by atoms with E-state index in [4.69, 9.17) is 4.74 Å². The molecule has 3 nitrogen and oxygen atoms in total. The number of hydrogen-bond donors (Lipinski definition) is 1. The van der Waals surface area contributed by atoms with Gasteiger partial charge in [0, 0.05) is 27.7 Å². The molecule has 0 aliphatic heterocycles. The van der Waals surface area contributed by atoms with Gasteiger partial charge in [-0.3, -0.25) is 0 Å². The molecular weight excluding hydrogens is 336 g/mol. The number of ether oxygens (including phenoxy) is 1. The van der Waals surface area contributed by atoms with Crippen LogP contribution in [0, 0.1) is 0 Å². The lowest BCUT2D eigenvalue weighted by atomic mass is 10.1. The summed E-state index contributed by atoms with van der Waals surface area (Å²) in [6.07, 6.45) is 2.92. The Kier molecular flexibility index (Phi) is 6.01. The second-order valence-corrected chi connectivity index (χ2v) is 6.47. The zero-order valence-electron chi connectivity index (χ0n) is 11.7. The summed E-state index contributed by atoms with van der Waals surface area (Å²) in [6.45, 7) is 5.85. The molecule has 1 N–H and O–H groups in total. The van der Waals surface area contributed by atoms with E-state index in [2.05, 4.69) is 52.2 Å². The lowest BCUT2D eigenvalue weighted by Gasteiger charge is -2.18. The largest absolute Gasteiger partial charge is 0.486 e. The Labute approximate surface area is 132 Å². The van der Waals surface area contributed by atoms with Gasteiger partial charge < -0.3 is 10.1 Å². The zero-order chi connectivity index (χ0) is 14.4. The first-order chi connectivity index (χ1) is 9.70. The predicted molar refractivity (Wildman–Crippen MR) is 87.3 cm³/mol. The Bertz CT molecular complexity index is 531. The summed E-state index contributed by atoms with van der Waals surface area (Å²) in [4.78, 5) is 4.24. The van der Waals surface area contributed by atoms with Gasteiger partial charge in [-0.25, -0.2) is 4.98 Å². The van der Waals surface area contributed by atoms with E-state index in [-0.39, 0.29) is 6.04 Å². The minimum Gasteiger partial charge on any atom is -0.486 e. The third kappa shape index (κ3) is 4.30. The highest BCUT2D eigenvalue weighted by Crippen LogP contribution is 2.29. The van der Waals surface area contributed by atoms with E-state index >= 15 is 0 Å². The topological polar surface area (TPSA) is 34.1 Å². The van der Waals surface area contributed by atoms with Gasteiger partial charge in [0.05, 0.1) is 0 Å². The number of thiazole rings is 1. The fourth-order valence-electron chi connectivity index (χ4n) is 1.93. The Morgan fingerprint density at radius 1 is 1.45 bits per heavy atom. The summed E-state index contributed by atoms with van der Waals surface area (Å²) in [5.74, 6) is 0.908. The normalized spacial score (nSPS) is 12.3. The number of nitrogens with one attached hydrogen (secondary N) is 1. The molecule has 20 heavy (non-hydrogen) atoms. The standard InChI is InChI=1S/C15H19BrN2OS/c1-3-6-17-11(2)13-5-4-12(16)9-14(13)19-10-15-18-7-8-20-15/h4-5,7-9,11,17H,3,6,10H2,1-2H3. The van der Waals surface area contributed by atoms with Gasteiger partial charge in [0.15, 0.2) is 0 Å². The smallest absolute Gasteiger partial charge is 0.140 e. The minimum atomic E-state index is 0.273. The van der Waals surface area contributed by atoms with Crippen LogP contribution in [0.2, 0.25) is 0 Å². The predicted octanol–water partition coefficient (Wildman–Crippen LogP) is 4.55. The SMILES string of the molecule is CCCNC(C)c1ccc(Br)cc1OCc1nccs1. The maximum Gasteiger partial charge on any atom is 0.140 e. The summed E-state index contributed by atoms with van der Waals surface area (Å²) < 4.78 is 6.97. The Morgan fingerprint density at radius 2 is 2.30 bits per heavy atom. The van der Waals surface area contributed by atoms with Crippen molar-refractivity contribution in [3.63, 3.8) is 0 Å². The third-order valence-corrected chi connectivity index (χ3v) is 4.22. The Hall–Kier alpha value is -0.910. The van der Waals surface area contributed by atoms with Gasteiger partial charge in [-0.05, 0) is 32.0 Å². The molecular formula is C15H19BrN2OS. The van der Waals surface area contributed by atoms with Crippen molar-refractivity contribution in [2.24, 2.45) is 0 Å². The summed E-state index contributed by atoms with van der Waals surface area (Å²) in [6, 6.07) is 6.45. The van der Waals surface area contributed by atoms with E-state index in [1.807, 2.05) is 11.4 Å². The molecule has 0 saturated carbocycles. The van der Waals surface area contributed by atoms with Gasteiger partial charge in [0.25, 0.3) is 0 Å². The molecule has 0 spiro atoms. The number of nitrogens with zero attached hydrogens (tertiary/aromatic N) is 1. The van der Waals surface area contributed by atoms with Crippen LogP contribution in [-0.4, -0.2) is 11.5 Å². The maximum atomic E-state index is 5.94. The van der Waals surface area contributed by atoms with Crippen LogP contribution in [0.4, 0.5) is 0 Å². The van der Waals surface area contributed by atoms with Crippen molar-refractivity contribution in [1.29, 1.82) is 0 Å². The lowest BCUT2D eigenvalue weighted by Crippen LogP contribution is -2.20. The summed E-state index contributed by atoms with van der Waals surface area (Å²) in [5, 5.41) is 6.45. The van der Waals surface area contributed by atoms with Gasteiger partial charge in [-0.1, -0.05) is 28.9 Å². The van der Waals surface area contributed by atoms with Crippen LogP contribution in [0.1, 0.15) is 36.9 Å². The molecule has 1 aromatic carbocycles. The van der Waals surface area contributed by atoms with Crippen LogP contribution in [0.15, 0.2) is 34.2 Å². The Morgan fingerprint density at radius 3 is 3.00 bits per heavy atom. The first kappa shape index (κ1) is 15.5. The van der Waals surface area contributed by atoms with Crippen molar-refractivity contribution >= 4 is 27.3 Å². The third-order valence-electron chi connectivity index (χ3n) is 2.98. The van der Waals surface area contributed by atoms with Gasteiger partial charge in [-0.2, -0.15) is 0 Å². The van der Waals surface area contributed by atoms with Gasteiger partial charge >= 0.3 is 0 Å². The molecule has 1 aromatic heterocycles. The van der Waals surface area contributed by atoms with Crippen molar-refractivity contribution in [2.45, 2.75) is 32.9 Å². The van der Waals surface area contributed by atoms with Crippen LogP contribution >= 0.6 is 27.3 Å². The van der Waals surface area contributed by atoms with E-state index in [1.165, 1.54) is 5.56 Å². The summed E-state index contributed by atoms with van der Waals surface area (Å²) in [5.41, 5.74) is 1.18. The molecule has 0 bridgehead atoms. The molecule has 0 fully saturated rings. The molecule has 0 aliphatic carbocycles. The van der Waals surface area contributed by atoms with Gasteiger partial charge in [-0.15, -0.1) is 11.3 Å². The first-order valence-corrected chi connectivity index (χ1v) is 8.42. The number of benzene rings is 1. The molecule has 0 saturated heterocycles. The fraction of sp³-hybridized carbons (Fsp3) is 0.400. The van der Waals surface area contributed by atoms with Crippen LogP contribution in [-0.2, 0) is 6.61 Å². The number of halogens is 1. The number of rotatable bonds is 7. The molecule has 0 amide bonds. The lowest BCUT2D eigenvalue weighted by molar-refractivity contribution is 0.299. The molecule has 0 radical (unpaired) electrons. The molecule has 2 rings (SSSR count). The van der Waals surface area contributed by atoms with Crippen LogP contribution in [0.5, 0.6) is 5.75 Å². The molecule has 5 heteroatoms. The zero-order valence-corrected chi connectivity index (χ0v) is 14.1. The highest BCUT2D eigenvalue weighted by Gasteiger charge is 2.12. The molecule has 0 aliphatic rings. The van der Waals surface area contributed by atoms with Crippen LogP contribution < -0.4 is 10.1 Å². The monoisotopic (exact) mass is 354 g/mol. The molecule has 1 unspecified atom stereocenters. The van der Waals surface area contributed by atoms with E-state index in [1.54, 1.807) is 17.5 Å².